The molecular weight excluding hydrogens is 348 g/mol. The lowest BCUT2D eigenvalue weighted by Crippen LogP contribution is -2.38. The molecule has 3 unspecified atom stereocenters. The molecule has 22 heavy (non-hydrogen) atoms. The number of nitrogens with zero attached hydrogens (tertiary/aromatic N) is 3. The second-order valence-corrected chi connectivity index (χ2v) is 6.52. The van der Waals surface area contributed by atoms with E-state index in [0.717, 1.165) is 10.0 Å². The van der Waals surface area contributed by atoms with E-state index in [2.05, 4.69) is 33.1 Å². The van der Waals surface area contributed by atoms with Crippen LogP contribution in [0.4, 0.5) is 0 Å². The molecule has 3 aliphatic rings. The van der Waals surface area contributed by atoms with Gasteiger partial charge in [-0.15, -0.1) is 0 Å². The molecule has 0 amide bonds. The first-order valence-electron chi connectivity index (χ1n) is 6.80. The summed E-state index contributed by atoms with van der Waals surface area (Å²) in [7, 11) is 0. The molecule has 4 rings (SSSR count). The van der Waals surface area contributed by atoms with Crippen LogP contribution in [0.5, 0.6) is 0 Å². The molecule has 0 aromatic heterocycles. The Morgan fingerprint density at radius 1 is 1.27 bits per heavy atom. The minimum atomic E-state index is -1.46. The van der Waals surface area contributed by atoms with Gasteiger partial charge in [0.05, 0.1) is 25.4 Å². The maximum absolute atomic E-state index is 9.91. The van der Waals surface area contributed by atoms with Crippen molar-refractivity contribution in [1.82, 2.24) is 0 Å². The molecule has 7 heteroatoms. The first kappa shape index (κ1) is 13.7. The number of halogens is 1. The summed E-state index contributed by atoms with van der Waals surface area (Å²) in [5.41, 5.74) is 4.45. The van der Waals surface area contributed by atoms with E-state index >= 15 is 0 Å². The Morgan fingerprint density at radius 2 is 2.00 bits per heavy atom. The molecule has 1 spiro atoms. The number of rotatable bonds is 1. The topological polar surface area (TPSA) is 104 Å². The van der Waals surface area contributed by atoms with Gasteiger partial charge in [0.25, 0.3) is 5.91 Å². The smallest absolute Gasteiger partial charge is 0.293 e. The number of hydrogen-bond acceptors (Lipinski definition) is 6. The summed E-state index contributed by atoms with van der Waals surface area (Å²) < 4.78 is 12.2. The number of nitriles is 2. The Bertz CT molecular complexity index is 789. The average molecular weight is 359 g/mol. The van der Waals surface area contributed by atoms with Crippen molar-refractivity contribution >= 4 is 21.8 Å². The zero-order chi connectivity index (χ0) is 15.6. The van der Waals surface area contributed by atoms with E-state index in [-0.39, 0.29) is 5.84 Å². The summed E-state index contributed by atoms with van der Waals surface area (Å²) in [4.78, 5) is 4.23. The molecule has 1 aromatic rings. The number of nitrogens with two attached hydrogens (primary N) is 1. The van der Waals surface area contributed by atoms with Crippen molar-refractivity contribution in [3.05, 3.63) is 34.3 Å². The van der Waals surface area contributed by atoms with Gasteiger partial charge in [-0.3, -0.25) is 0 Å². The van der Waals surface area contributed by atoms with Crippen LogP contribution in [-0.4, -0.2) is 25.0 Å². The fraction of sp³-hybridized carbons (Fsp3) is 0.400. The van der Waals surface area contributed by atoms with Crippen LogP contribution in [0.2, 0.25) is 0 Å². The number of fused-ring (bicyclic) bond motifs is 2. The first-order chi connectivity index (χ1) is 10.6. The minimum absolute atomic E-state index is 0.114. The zero-order valence-corrected chi connectivity index (χ0v) is 13.0. The van der Waals surface area contributed by atoms with Gasteiger partial charge in [0.1, 0.15) is 11.3 Å². The number of ether oxygens (including phenoxy) is 2. The molecule has 2 N–H and O–H groups in total. The molecule has 1 saturated heterocycles. The number of benzene rings is 1. The van der Waals surface area contributed by atoms with Crippen LogP contribution in [0.3, 0.4) is 0 Å². The molecule has 2 heterocycles. The molecule has 1 saturated carbocycles. The Kier molecular flexibility index (Phi) is 2.54. The van der Waals surface area contributed by atoms with E-state index in [1.54, 1.807) is 0 Å². The van der Waals surface area contributed by atoms with E-state index in [1.165, 1.54) is 0 Å². The van der Waals surface area contributed by atoms with Crippen molar-refractivity contribution in [3.63, 3.8) is 0 Å². The van der Waals surface area contributed by atoms with Crippen molar-refractivity contribution in [3.8, 4) is 12.1 Å². The van der Waals surface area contributed by atoms with Crippen LogP contribution in [0, 0.1) is 33.5 Å². The van der Waals surface area contributed by atoms with Gasteiger partial charge in [-0.05, 0) is 17.7 Å². The summed E-state index contributed by atoms with van der Waals surface area (Å²) in [6, 6.07) is 12.0. The lowest BCUT2D eigenvalue weighted by Gasteiger charge is -2.25. The fourth-order valence-electron chi connectivity index (χ4n) is 3.90. The largest absolute Gasteiger partial charge is 0.386 e. The minimum Gasteiger partial charge on any atom is -0.386 e. The highest BCUT2D eigenvalue weighted by Gasteiger charge is 2.94. The molecule has 2 aliphatic heterocycles. The van der Waals surface area contributed by atoms with Crippen LogP contribution in [0.1, 0.15) is 11.5 Å². The summed E-state index contributed by atoms with van der Waals surface area (Å²) in [5.74, 6) is -1.78. The highest BCUT2D eigenvalue weighted by molar-refractivity contribution is 9.10. The van der Waals surface area contributed by atoms with Crippen LogP contribution in [0.25, 0.3) is 0 Å². The van der Waals surface area contributed by atoms with Crippen molar-refractivity contribution in [2.45, 2.75) is 11.8 Å². The molecule has 0 radical (unpaired) electrons. The molecular formula is C15H11BrN4O2. The molecule has 0 bridgehead atoms. The van der Waals surface area contributed by atoms with Crippen LogP contribution in [-0.2, 0) is 9.47 Å². The average Bonchev–Trinajstić information content (AvgIpc) is 2.77. The number of hydrogen-bond donors (Lipinski definition) is 1. The van der Waals surface area contributed by atoms with Gasteiger partial charge in [-0.1, -0.05) is 28.1 Å². The quantitative estimate of drug-likeness (QED) is 0.821. The van der Waals surface area contributed by atoms with Crippen molar-refractivity contribution in [2.75, 3.05) is 13.2 Å². The highest BCUT2D eigenvalue weighted by Crippen LogP contribution is 2.82. The third-order valence-corrected chi connectivity index (χ3v) is 5.28. The Labute approximate surface area is 135 Å². The van der Waals surface area contributed by atoms with Crippen molar-refractivity contribution in [1.29, 1.82) is 10.5 Å². The Balaban J connectivity index is 1.94. The van der Waals surface area contributed by atoms with Crippen LogP contribution >= 0.6 is 15.9 Å². The van der Waals surface area contributed by atoms with E-state index in [9.17, 15) is 10.5 Å². The molecule has 3 atom stereocenters. The van der Waals surface area contributed by atoms with Gasteiger partial charge < -0.3 is 15.2 Å². The normalized spacial score (nSPS) is 37.2. The standard InChI is InChI=1S/C15H11BrN4O2/c16-10-3-1-2-9(6-10)11-13(7-17)12(19)20-15(14(11,13)8-18)21-4-5-22-15/h1-3,6,11H,4-5H2,(H2,19,20). The predicted octanol–water partition coefficient (Wildman–Crippen LogP) is 1.64. The van der Waals surface area contributed by atoms with Crippen molar-refractivity contribution in [2.24, 2.45) is 21.6 Å². The number of amidine groups is 1. The Morgan fingerprint density at radius 3 is 2.59 bits per heavy atom. The molecule has 110 valence electrons. The monoisotopic (exact) mass is 358 g/mol. The second-order valence-electron chi connectivity index (χ2n) is 5.60. The van der Waals surface area contributed by atoms with Gasteiger partial charge in [-0.2, -0.15) is 10.5 Å². The maximum Gasteiger partial charge on any atom is 0.293 e. The van der Waals surface area contributed by atoms with Gasteiger partial charge in [0.2, 0.25) is 0 Å². The predicted molar refractivity (Wildman–Crippen MR) is 79.2 cm³/mol. The van der Waals surface area contributed by atoms with E-state index < -0.39 is 22.7 Å². The molecule has 6 nitrogen and oxygen atoms in total. The summed E-state index contributed by atoms with van der Waals surface area (Å²) in [6.45, 7) is 0.653. The van der Waals surface area contributed by atoms with Crippen LogP contribution < -0.4 is 5.73 Å². The van der Waals surface area contributed by atoms with E-state index in [4.69, 9.17) is 15.2 Å². The van der Waals surface area contributed by atoms with Gasteiger partial charge >= 0.3 is 0 Å². The van der Waals surface area contributed by atoms with Gasteiger partial charge in [0, 0.05) is 10.4 Å². The van der Waals surface area contributed by atoms with Crippen LogP contribution in [0.15, 0.2) is 33.7 Å². The van der Waals surface area contributed by atoms with E-state index in [0.29, 0.717) is 13.2 Å². The summed E-state index contributed by atoms with van der Waals surface area (Å²) in [6.07, 6.45) is 0. The van der Waals surface area contributed by atoms with E-state index in [1.807, 2.05) is 24.3 Å². The summed E-state index contributed by atoms with van der Waals surface area (Å²) >= 11 is 3.42. The first-order valence-corrected chi connectivity index (χ1v) is 7.59. The maximum atomic E-state index is 9.91. The van der Waals surface area contributed by atoms with Gasteiger partial charge in [0.15, 0.2) is 5.41 Å². The lowest BCUT2D eigenvalue weighted by molar-refractivity contribution is -0.184. The second kappa shape index (κ2) is 4.08. The molecule has 2 fully saturated rings. The Hall–Kier alpha value is -1.93. The number of aliphatic imine (C=N–C) groups is 1. The molecule has 1 aliphatic carbocycles. The van der Waals surface area contributed by atoms with Crippen molar-refractivity contribution < 1.29 is 9.47 Å². The highest BCUT2D eigenvalue weighted by atomic mass is 79.9. The third kappa shape index (κ3) is 1.21. The SMILES string of the molecule is N#CC12C(N)=NC3(OCCO3)C1(C#N)C2c1cccc(Br)c1. The zero-order valence-electron chi connectivity index (χ0n) is 11.4. The molecule has 1 aromatic carbocycles. The summed E-state index contributed by atoms with van der Waals surface area (Å²) in [5, 5.41) is 19.7. The fourth-order valence-corrected chi connectivity index (χ4v) is 4.32. The third-order valence-electron chi connectivity index (χ3n) is 4.79. The lowest BCUT2D eigenvalue weighted by atomic mass is 9.94. The van der Waals surface area contributed by atoms with Gasteiger partial charge in [-0.25, -0.2) is 4.99 Å².